The molecular weight excluding hydrogens is 792 g/mol. The van der Waals surface area contributed by atoms with Gasteiger partial charge in [-0.05, 0) is 54.4 Å². The van der Waals surface area contributed by atoms with E-state index in [1.54, 1.807) is 41.5 Å². The van der Waals surface area contributed by atoms with Crippen molar-refractivity contribution in [1.29, 1.82) is 0 Å². The van der Waals surface area contributed by atoms with Crippen LogP contribution in [-0.4, -0.2) is 153 Å². The van der Waals surface area contributed by atoms with Crippen LogP contribution < -0.4 is 10.6 Å². The van der Waals surface area contributed by atoms with Gasteiger partial charge in [0.1, 0.15) is 17.7 Å². The first-order valence-electron chi connectivity index (χ1n) is 18.6. The second-order valence-electron chi connectivity index (χ2n) is 15.4. The molecule has 300 valence electrons. The van der Waals surface area contributed by atoms with Crippen LogP contribution in [0.2, 0.25) is 0 Å². The Labute approximate surface area is 356 Å². The normalized spacial score (nSPS) is 13.3. The number of amides is 2. The van der Waals surface area contributed by atoms with Crippen LogP contribution in [0.25, 0.3) is 0 Å². The van der Waals surface area contributed by atoms with Crippen LogP contribution in [0.1, 0.15) is 99.3 Å². The Hall–Kier alpha value is -2.31. The van der Waals surface area contributed by atoms with E-state index in [0.29, 0.717) is 0 Å². The first-order valence-corrected chi connectivity index (χ1v) is 22.4. The van der Waals surface area contributed by atoms with Crippen LogP contribution >= 0.6 is 25.2 Å². The van der Waals surface area contributed by atoms with Crippen molar-refractivity contribution in [3.8, 4) is 0 Å². The van der Waals surface area contributed by atoms with Gasteiger partial charge in [0, 0.05) is 6.42 Å². The molecule has 0 spiro atoms. The van der Waals surface area contributed by atoms with Crippen LogP contribution in [0.15, 0.2) is 9.49 Å². The van der Waals surface area contributed by atoms with Crippen molar-refractivity contribution in [3.63, 3.8) is 0 Å². The second-order valence-corrected chi connectivity index (χ2v) is 19.6. The molecule has 2 amide bonds. The quantitative estimate of drug-likeness (QED) is 0.0689. The maximum absolute atomic E-state index is 13.8. The predicted molar refractivity (Wildman–Crippen MR) is 238 cm³/mol. The zero-order valence-corrected chi connectivity index (χ0v) is 37.0. The fourth-order valence-corrected chi connectivity index (χ4v) is 7.19. The van der Waals surface area contributed by atoms with Gasteiger partial charge in [-0.25, -0.2) is 0 Å². The number of ether oxygens (including phenoxy) is 2. The number of hydrogen-bond donors (Lipinski definition) is 2. The van der Waals surface area contributed by atoms with Gasteiger partial charge in [0.2, 0.25) is 0 Å². The van der Waals surface area contributed by atoms with Gasteiger partial charge < -0.3 is 9.47 Å². The van der Waals surface area contributed by atoms with Crippen molar-refractivity contribution in [1.82, 2.24) is 10.6 Å². The summed E-state index contributed by atoms with van der Waals surface area (Å²) in [7, 11) is 31.8. The van der Waals surface area contributed by atoms with Crippen molar-refractivity contribution in [2.75, 3.05) is 25.4 Å². The molecule has 0 saturated carbocycles. The van der Waals surface area contributed by atoms with Gasteiger partial charge in [-0.2, -0.15) is 0 Å². The van der Waals surface area contributed by atoms with Crippen LogP contribution in [-0.2, 0) is 47.8 Å². The summed E-state index contributed by atoms with van der Waals surface area (Å²) in [6, 6.07) is 1.06. The summed E-state index contributed by atoms with van der Waals surface area (Å²) in [5.41, 5.74) is -1.55. The van der Waals surface area contributed by atoms with Gasteiger partial charge in [0.05, 0.1) is 5.92 Å². The fourth-order valence-electron chi connectivity index (χ4n) is 5.19. The number of carbonyl (C=O) groups excluding carboxylic acids is 8. The Morgan fingerprint density at radius 1 is 0.707 bits per heavy atom. The first-order chi connectivity index (χ1) is 26.9. The van der Waals surface area contributed by atoms with Crippen LogP contribution in [0, 0.1) is 11.8 Å². The molecule has 2 N–H and O–H groups in total. The van der Waals surface area contributed by atoms with E-state index >= 15 is 0 Å². The van der Waals surface area contributed by atoms with Crippen molar-refractivity contribution in [2.24, 2.45) is 21.3 Å². The van der Waals surface area contributed by atoms with E-state index in [4.69, 9.17) is 55.6 Å². The molecule has 0 heterocycles. The molecule has 0 fully saturated rings. The number of hydrogen-bond acceptors (Lipinski definition) is 12. The Kier molecular flexibility index (Phi) is 27.1. The molecular formula is C32H49B9N4O10P2S. The Morgan fingerprint density at radius 2 is 1.24 bits per heavy atom. The summed E-state index contributed by atoms with van der Waals surface area (Å²) in [6.45, 7) is 9.14. The molecule has 0 aliphatic carbocycles. The van der Waals surface area contributed by atoms with Crippen molar-refractivity contribution >= 4 is 136 Å². The fraction of sp³-hybridized carbons (Fsp3) is 0.750. The topological polar surface area (TPSA) is 204 Å². The van der Waals surface area contributed by atoms with E-state index in [9.17, 15) is 38.4 Å². The average Bonchev–Trinajstić information content (AvgIpc) is 3.12. The van der Waals surface area contributed by atoms with Crippen molar-refractivity contribution < 1.29 is 47.8 Å². The van der Waals surface area contributed by atoms with Gasteiger partial charge in [-0.3, -0.25) is 19.1 Å². The molecule has 0 aliphatic rings. The summed E-state index contributed by atoms with van der Waals surface area (Å²) in [6.07, 6.45) is -1.22. The SMILES string of the molecule is [B]B=S(=B[B])(CC(=O)CCC(NC(=O)CNC(=O)CCC(CCC(=O)OC(C)(C)C)C(=O)OC(C)(C)C)C(=O)CC(CCC(=O)CN=P[B])C(=O)CN=P[B])B([B])[B]. The molecule has 14 nitrogen and oxygen atoms in total. The first kappa shape index (κ1) is 55.7. The molecule has 0 bridgehead atoms. The Bertz CT molecular complexity index is 1640. The third kappa shape index (κ3) is 24.7. The number of ketones is 4. The van der Waals surface area contributed by atoms with Crippen molar-refractivity contribution in [3.05, 3.63) is 0 Å². The van der Waals surface area contributed by atoms with E-state index in [2.05, 4.69) is 20.1 Å². The zero-order valence-electron chi connectivity index (χ0n) is 34.4. The molecule has 12 radical (unpaired) electrons. The Morgan fingerprint density at radius 3 is 1.78 bits per heavy atom. The second kappa shape index (κ2) is 28.3. The number of esters is 2. The molecule has 0 rings (SSSR count). The standard InChI is InChI=1S/C32H49B9N4O10P2S/c1-31(2,3)54-29(52)14-9-20(30(53)55-32(4,5)6)8-13-27(50)42-18-28(51)45-24(12-11-23(47)19-58(39-33,40-34)41(35)36)25(48)15-21(26(49)17-44-57-38)7-10-22(46)16-43-56-37/h20-21,24H,7-19H2,1-6H3,(H,42,50)(H,45,51). The van der Waals surface area contributed by atoms with Gasteiger partial charge in [0.15, 0.2) is 15.1 Å². The Balaban J connectivity index is 6.03. The van der Waals surface area contributed by atoms with E-state index in [1.807, 2.05) is 0 Å². The number of rotatable bonds is 27. The molecule has 0 saturated heterocycles. The van der Waals surface area contributed by atoms with E-state index < -0.39 is 97.7 Å². The maximum atomic E-state index is 13.8. The predicted octanol–water partition coefficient (Wildman–Crippen LogP) is 1.25. The van der Waals surface area contributed by atoms with Gasteiger partial charge in [-0.15, -0.1) is 0 Å². The molecule has 58 heavy (non-hydrogen) atoms. The minimum atomic E-state index is -2.37. The molecule has 0 aromatic heterocycles. The number of nitrogens with zero attached hydrogens (tertiary/aromatic N) is 2. The van der Waals surface area contributed by atoms with E-state index in [-0.39, 0.29) is 92.5 Å². The van der Waals surface area contributed by atoms with E-state index in [1.165, 1.54) is 12.1 Å². The van der Waals surface area contributed by atoms with Gasteiger partial charge in [0.25, 0.3) is 0 Å². The third-order valence-electron chi connectivity index (χ3n) is 8.19. The molecule has 0 aromatic carbocycles. The summed E-state index contributed by atoms with van der Waals surface area (Å²) in [4.78, 5) is 104. The third-order valence-corrected chi connectivity index (χ3v) is 11.7. The zero-order chi connectivity index (χ0) is 44.7. The summed E-state index contributed by atoms with van der Waals surface area (Å²) < 4.78 is 18.5. The monoisotopic (exact) mass is 842 g/mol. The van der Waals surface area contributed by atoms with Crippen LogP contribution in [0.3, 0.4) is 0 Å². The minimum absolute atomic E-state index is 0.00142. The van der Waals surface area contributed by atoms with Crippen LogP contribution in [0.5, 0.6) is 0 Å². The average molecular weight is 841 g/mol. The summed E-state index contributed by atoms with van der Waals surface area (Å²) in [5.74, 6) is -7.37. The van der Waals surface area contributed by atoms with Gasteiger partial charge >= 0.3 is 213 Å². The number of nitrogens with one attached hydrogen (secondary N) is 2. The molecule has 3 atom stereocenters. The van der Waals surface area contributed by atoms with Crippen molar-refractivity contribution in [2.45, 2.75) is 117 Å². The van der Waals surface area contributed by atoms with Crippen LogP contribution in [0.4, 0.5) is 0 Å². The van der Waals surface area contributed by atoms with E-state index in [0.717, 1.165) is 0 Å². The number of Topliss-reactive ketones (excluding diaryl/α,β-unsaturated/α-hetero) is 4. The summed E-state index contributed by atoms with van der Waals surface area (Å²) >= 11 is 0. The summed E-state index contributed by atoms with van der Waals surface area (Å²) in [5, 5.41) is 4.99. The number of carbonyl (C=O) groups is 8. The van der Waals surface area contributed by atoms with Gasteiger partial charge in [-0.1, -0.05) is 16.5 Å². The molecule has 26 heteroatoms. The molecule has 0 aliphatic heterocycles. The molecule has 3 unspecified atom stereocenters. The molecule has 0 aromatic rings.